The van der Waals surface area contributed by atoms with Crippen LogP contribution in [0.1, 0.15) is 38.3 Å². The second-order valence-corrected chi connectivity index (χ2v) is 7.75. The molecule has 5 heteroatoms. The first-order chi connectivity index (χ1) is 8.73. The molecular formula is C14H21NO3S. The molecule has 0 spiro atoms. The lowest BCUT2D eigenvalue weighted by Crippen LogP contribution is -2.28. The summed E-state index contributed by atoms with van der Waals surface area (Å²) >= 11 is 0. The molecule has 0 saturated carbocycles. The van der Waals surface area contributed by atoms with Crippen molar-refractivity contribution in [2.75, 3.05) is 13.2 Å². The Bertz CT molecular complexity index is 567. The van der Waals surface area contributed by atoms with Crippen molar-refractivity contribution in [2.45, 2.75) is 44.4 Å². The third-order valence-electron chi connectivity index (χ3n) is 3.32. The molecule has 1 heterocycles. The zero-order chi connectivity index (χ0) is 14.3. The molecule has 0 atom stereocenters. The number of aryl methyl sites for hydroxylation is 1. The molecule has 0 aliphatic carbocycles. The fraction of sp³-hybridized carbons (Fsp3) is 0.571. The Morgan fingerprint density at radius 2 is 1.95 bits per heavy atom. The van der Waals surface area contributed by atoms with Crippen LogP contribution in [0.3, 0.4) is 0 Å². The molecule has 0 unspecified atom stereocenters. The summed E-state index contributed by atoms with van der Waals surface area (Å²) in [5, 5.41) is 0. The zero-order valence-corrected chi connectivity index (χ0v) is 12.8. The van der Waals surface area contributed by atoms with Crippen LogP contribution >= 0.6 is 0 Å². The highest BCUT2D eigenvalue weighted by Gasteiger charge is 2.31. The van der Waals surface area contributed by atoms with E-state index in [9.17, 15) is 8.42 Å². The molecule has 0 aromatic heterocycles. The molecular weight excluding hydrogens is 262 g/mol. The van der Waals surface area contributed by atoms with Crippen molar-refractivity contribution < 1.29 is 13.3 Å². The Balaban J connectivity index is 2.49. The van der Waals surface area contributed by atoms with Crippen LogP contribution in [0, 0.1) is 6.92 Å². The first kappa shape index (κ1) is 14.5. The molecule has 1 aromatic rings. The van der Waals surface area contributed by atoms with Crippen LogP contribution in [0.15, 0.2) is 23.1 Å². The second kappa shape index (κ2) is 4.89. The molecule has 1 fully saturated rings. The Labute approximate surface area is 115 Å². The smallest absolute Gasteiger partial charge is 0.265 e. The number of hydroxylamine groups is 1. The predicted octanol–water partition coefficient (Wildman–Crippen LogP) is 2.62. The lowest BCUT2D eigenvalue weighted by Gasteiger charge is -2.22. The van der Waals surface area contributed by atoms with Crippen molar-refractivity contribution in [3.63, 3.8) is 0 Å². The number of hydrogen-bond donors (Lipinski definition) is 0. The maximum atomic E-state index is 12.5. The van der Waals surface area contributed by atoms with E-state index < -0.39 is 10.0 Å². The van der Waals surface area contributed by atoms with Crippen LogP contribution in [0.5, 0.6) is 0 Å². The average Bonchev–Trinajstić information content (AvgIpc) is 2.81. The number of rotatable bonds is 2. The quantitative estimate of drug-likeness (QED) is 0.838. The predicted molar refractivity (Wildman–Crippen MR) is 74.3 cm³/mol. The van der Waals surface area contributed by atoms with Gasteiger partial charge in [-0.25, -0.2) is 8.42 Å². The maximum absolute atomic E-state index is 12.5. The van der Waals surface area contributed by atoms with Gasteiger partial charge in [0.2, 0.25) is 0 Å². The van der Waals surface area contributed by atoms with Crippen LogP contribution in [0.4, 0.5) is 0 Å². The average molecular weight is 283 g/mol. The molecule has 0 amide bonds. The third kappa shape index (κ3) is 2.83. The largest absolute Gasteiger partial charge is 0.284 e. The van der Waals surface area contributed by atoms with E-state index >= 15 is 0 Å². The molecule has 1 aliphatic rings. The first-order valence-electron chi connectivity index (χ1n) is 6.50. The van der Waals surface area contributed by atoms with E-state index in [1.165, 1.54) is 0 Å². The van der Waals surface area contributed by atoms with Crippen molar-refractivity contribution in [1.29, 1.82) is 0 Å². The molecule has 0 bridgehead atoms. The summed E-state index contributed by atoms with van der Waals surface area (Å²) in [7, 11) is -3.54. The van der Waals surface area contributed by atoms with Crippen LogP contribution < -0.4 is 0 Å². The Morgan fingerprint density at radius 1 is 1.26 bits per heavy atom. The lowest BCUT2D eigenvalue weighted by molar-refractivity contribution is -0.0285. The summed E-state index contributed by atoms with van der Waals surface area (Å²) in [4.78, 5) is 5.55. The highest BCUT2D eigenvalue weighted by Crippen LogP contribution is 2.29. The molecule has 19 heavy (non-hydrogen) atoms. The van der Waals surface area contributed by atoms with Gasteiger partial charge in [-0.1, -0.05) is 37.4 Å². The van der Waals surface area contributed by atoms with E-state index in [0.29, 0.717) is 18.0 Å². The number of benzene rings is 1. The van der Waals surface area contributed by atoms with E-state index in [1.54, 1.807) is 6.07 Å². The van der Waals surface area contributed by atoms with Gasteiger partial charge in [-0.05, 0) is 36.0 Å². The summed E-state index contributed by atoms with van der Waals surface area (Å²) in [5.74, 6) is 0. The molecule has 2 rings (SSSR count). The van der Waals surface area contributed by atoms with Crippen LogP contribution in [0.2, 0.25) is 0 Å². The van der Waals surface area contributed by atoms with Gasteiger partial charge in [-0.3, -0.25) is 4.84 Å². The Kier molecular flexibility index (Phi) is 3.73. The molecule has 0 N–H and O–H groups in total. The van der Waals surface area contributed by atoms with Gasteiger partial charge in [-0.15, -0.1) is 0 Å². The summed E-state index contributed by atoms with van der Waals surface area (Å²) in [5.41, 5.74) is 1.68. The van der Waals surface area contributed by atoms with E-state index in [1.807, 2.05) is 19.1 Å². The fourth-order valence-electron chi connectivity index (χ4n) is 2.07. The lowest BCUT2D eigenvalue weighted by atomic mass is 9.87. The van der Waals surface area contributed by atoms with E-state index in [4.69, 9.17) is 4.84 Å². The maximum Gasteiger partial charge on any atom is 0.265 e. The molecule has 0 radical (unpaired) electrons. The summed E-state index contributed by atoms with van der Waals surface area (Å²) in [6.07, 6.45) is 0.747. The first-order valence-corrected chi connectivity index (χ1v) is 7.94. The van der Waals surface area contributed by atoms with Gasteiger partial charge in [0, 0.05) is 6.54 Å². The summed E-state index contributed by atoms with van der Waals surface area (Å²) in [6.45, 7) is 8.93. The van der Waals surface area contributed by atoms with Crippen molar-refractivity contribution in [3.05, 3.63) is 29.3 Å². The number of hydrogen-bond acceptors (Lipinski definition) is 3. The summed E-state index contributed by atoms with van der Waals surface area (Å²) < 4.78 is 26.2. The topological polar surface area (TPSA) is 46.6 Å². The van der Waals surface area contributed by atoms with Gasteiger partial charge in [0.15, 0.2) is 0 Å². The highest BCUT2D eigenvalue weighted by molar-refractivity contribution is 7.89. The molecule has 1 aliphatic heterocycles. The highest BCUT2D eigenvalue weighted by atomic mass is 32.2. The molecule has 1 saturated heterocycles. The molecule has 4 nitrogen and oxygen atoms in total. The third-order valence-corrected chi connectivity index (χ3v) is 5.14. The zero-order valence-electron chi connectivity index (χ0n) is 11.9. The van der Waals surface area contributed by atoms with Crippen LogP contribution in [-0.2, 0) is 20.3 Å². The standard InChI is InChI=1S/C14H21NO3S/c1-11-6-7-12(14(2,3)4)10-13(11)19(16,17)15-8-5-9-18-15/h6-7,10H,5,8-9H2,1-4H3. The minimum atomic E-state index is -3.54. The van der Waals surface area contributed by atoms with Gasteiger partial charge in [0.25, 0.3) is 10.0 Å². The van der Waals surface area contributed by atoms with Crippen LogP contribution in [0.25, 0.3) is 0 Å². The monoisotopic (exact) mass is 283 g/mol. The van der Waals surface area contributed by atoms with Crippen molar-refractivity contribution in [1.82, 2.24) is 4.47 Å². The number of sulfonamides is 1. The second-order valence-electron chi connectivity index (χ2n) is 5.95. The molecule has 106 valence electrons. The van der Waals surface area contributed by atoms with Gasteiger partial charge in [0.05, 0.1) is 11.5 Å². The van der Waals surface area contributed by atoms with Crippen LogP contribution in [-0.4, -0.2) is 26.0 Å². The normalized spacial score (nSPS) is 17.9. The number of nitrogens with zero attached hydrogens (tertiary/aromatic N) is 1. The Hall–Kier alpha value is -0.910. The Morgan fingerprint density at radius 3 is 2.47 bits per heavy atom. The van der Waals surface area contributed by atoms with E-state index in [-0.39, 0.29) is 5.41 Å². The van der Waals surface area contributed by atoms with E-state index in [2.05, 4.69) is 20.8 Å². The van der Waals surface area contributed by atoms with E-state index in [0.717, 1.165) is 22.0 Å². The van der Waals surface area contributed by atoms with Crippen molar-refractivity contribution in [2.24, 2.45) is 0 Å². The van der Waals surface area contributed by atoms with Gasteiger partial charge >= 0.3 is 0 Å². The van der Waals surface area contributed by atoms with Gasteiger partial charge in [0.1, 0.15) is 0 Å². The van der Waals surface area contributed by atoms with Crippen molar-refractivity contribution in [3.8, 4) is 0 Å². The summed E-state index contributed by atoms with van der Waals surface area (Å²) in [6, 6.07) is 5.62. The van der Waals surface area contributed by atoms with Gasteiger partial charge < -0.3 is 0 Å². The minimum absolute atomic E-state index is 0.0795. The molecule has 1 aromatic carbocycles. The van der Waals surface area contributed by atoms with Crippen molar-refractivity contribution >= 4 is 10.0 Å². The minimum Gasteiger partial charge on any atom is -0.284 e. The van der Waals surface area contributed by atoms with Gasteiger partial charge in [-0.2, -0.15) is 0 Å². The fourth-order valence-corrected chi connectivity index (χ4v) is 3.62. The SMILES string of the molecule is Cc1ccc(C(C)(C)C)cc1S(=O)(=O)N1CCCO1.